The van der Waals surface area contributed by atoms with E-state index in [0.717, 1.165) is 25.9 Å². The molecule has 1 N–H and O–H groups in total. The Morgan fingerprint density at radius 2 is 1.74 bits per heavy atom. The molecule has 0 spiro atoms. The van der Waals surface area contributed by atoms with Crippen molar-refractivity contribution in [1.29, 1.82) is 0 Å². The van der Waals surface area contributed by atoms with Crippen molar-refractivity contribution in [2.45, 2.75) is 44.4 Å². The van der Waals surface area contributed by atoms with Crippen molar-refractivity contribution < 1.29 is 13.2 Å². The Balaban J connectivity index is 1.68. The van der Waals surface area contributed by atoms with Gasteiger partial charge in [-0.3, -0.25) is 9.89 Å². The maximum absolute atomic E-state index is 12.8. The second-order valence-electron chi connectivity index (χ2n) is 6.47. The van der Waals surface area contributed by atoms with E-state index in [1.54, 1.807) is 13.8 Å². The Morgan fingerprint density at radius 1 is 1.13 bits per heavy atom. The third kappa shape index (κ3) is 3.01. The van der Waals surface area contributed by atoms with E-state index in [4.69, 9.17) is 0 Å². The number of sulfonamides is 1. The van der Waals surface area contributed by atoms with Crippen LogP contribution in [-0.2, 0) is 14.8 Å². The van der Waals surface area contributed by atoms with Crippen LogP contribution in [0.4, 0.5) is 0 Å². The Bertz CT molecular complexity index is 664. The number of H-pyrrole nitrogens is 1. The summed E-state index contributed by atoms with van der Waals surface area (Å²) in [6, 6.07) is 0. The van der Waals surface area contributed by atoms with E-state index in [1.807, 2.05) is 4.90 Å². The van der Waals surface area contributed by atoms with Crippen LogP contribution >= 0.6 is 0 Å². The molecule has 0 atom stereocenters. The number of nitrogens with zero attached hydrogens (tertiary/aromatic N) is 3. The standard InChI is InChI=1S/C15H24N4O3S/c1-11-14(12(2)17-16-11)23(21,22)19-9-5-13(6-10-19)15(20)18-7-3-4-8-18/h13H,3-10H2,1-2H3,(H,16,17). The van der Waals surface area contributed by atoms with Crippen LogP contribution in [0.2, 0.25) is 0 Å². The maximum Gasteiger partial charge on any atom is 0.246 e. The zero-order valence-electron chi connectivity index (χ0n) is 13.7. The predicted molar refractivity (Wildman–Crippen MR) is 85.4 cm³/mol. The molecule has 2 aliphatic heterocycles. The SMILES string of the molecule is Cc1n[nH]c(C)c1S(=O)(=O)N1CCC(C(=O)N2CCCC2)CC1. The number of hydrogen-bond acceptors (Lipinski definition) is 4. The number of carbonyl (C=O) groups is 1. The second-order valence-corrected chi connectivity index (χ2v) is 8.35. The van der Waals surface area contributed by atoms with Gasteiger partial charge in [0.2, 0.25) is 15.9 Å². The summed E-state index contributed by atoms with van der Waals surface area (Å²) in [6.45, 7) is 5.92. The lowest BCUT2D eigenvalue weighted by atomic mass is 9.97. The molecule has 1 aromatic heterocycles. The molecule has 0 bridgehead atoms. The molecule has 3 rings (SSSR count). The van der Waals surface area contributed by atoms with Gasteiger partial charge in [0, 0.05) is 32.1 Å². The minimum absolute atomic E-state index is 0.0360. The minimum Gasteiger partial charge on any atom is -0.342 e. The number of aromatic nitrogens is 2. The van der Waals surface area contributed by atoms with Crippen LogP contribution in [0.25, 0.3) is 0 Å². The fourth-order valence-electron chi connectivity index (χ4n) is 3.59. The summed E-state index contributed by atoms with van der Waals surface area (Å²) in [7, 11) is -3.53. The third-order valence-electron chi connectivity index (χ3n) is 4.88. The molecule has 0 aromatic carbocycles. The molecular weight excluding hydrogens is 316 g/mol. The summed E-state index contributed by atoms with van der Waals surface area (Å²) < 4.78 is 27.1. The van der Waals surface area contributed by atoms with E-state index >= 15 is 0 Å². The number of hydrogen-bond donors (Lipinski definition) is 1. The average molecular weight is 340 g/mol. The van der Waals surface area contributed by atoms with E-state index in [2.05, 4.69) is 10.2 Å². The average Bonchev–Trinajstić information content (AvgIpc) is 3.17. The van der Waals surface area contributed by atoms with Crippen molar-refractivity contribution in [3.8, 4) is 0 Å². The van der Waals surface area contributed by atoms with E-state index in [-0.39, 0.29) is 16.7 Å². The van der Waals surface area contributed by atoms with Gasteiger partial charge >= 0.3 is 0 Å². The van der Waals surface area contributed by atoms with Crippen molar-refractivity contribution in [3.63, 3.8) is 0 Å². The van der Waals surface area contributed by atoms with Crippen LogP contribution in [0.1, 0.15) is 37.1 Å². The Hall–Kier alpha value is -1.41. The number of amides is 1. The van der Waals surface area contributed by atoms with Gasteiger partial charge in [-0.1, -0.05) is 0 Å². The molecule has 7 nitrogen and oxygen atoms in total. The lowest BCUT2D eigenvalue weighted by Crippen LogP contribution is -2.43. The quantitative estimate of drug-likeness (QED) is 0.891. The number of carbonyl (C=O) groups excluding carboxylic acids is 1. The molecular formula is C15H24N4O3S. The summed E-state index contributed by atoms with van der Waals surface area (Å²) in [4.78, 5) is 14.6. The van der Waals surface area contributed by atoms with Crippen LogP contribution in [0, 0.1) is 19.8 Å². The molecule has 1 amide bonds. The molecule has 0 unspecified atom stereocenters. The first-order valence-corrected chi connectivity index (χ1v) is 9.66. The molecule has 2 saturated heterocycles. The molecule has 0 radical (unpaired) electrons. The number of likely N-dealkylation sites (tertiary alicyclic amines) is 1. The van der Waals surface area contributed by atoms with Crippen molar-refractivity contribution in [1.82, 2.24) is 19.4 Å². The number of nitrogens with one attached hydrogen (secondary N) is 1. The first-order chi connectivity index (χ1) is 10.9. The van der Waals surface area contributed by atoms with Crippen LogP contribution in [-0.4, -0.2) is 59.9 Å². The van der Waals surface area contributed by atoms with Crippen molar-refractivity contribution in [3.05, 3.63) is 11.4 Å². The highest BCUT2D eigenvalue weighted by Crippen LogP contribution is 2.28. The first-order valence-electron chi connectivity index (χ1n) is 8.22. The van der Waals surface area contributed by atoms with Crippen LogP contribution in [0.5, 0.6) is 0 Å². The van der Waals surface area contributed by atoms with Gasteiger partial charge in [0.25, 0.3) is 0 Å². The van der Waals surface area contributed by atoms with Crippen LogP contribution < -0.4 is 0 Å². The molecule has 3 heterocycles. The Kier molecular flexibility index (Phi) is 4.46. The minimum atomic E-state index is -3.53. The van der Waals surface area contributed by atoms with Crippen LogP contribution in [0.15, 0.2) is 4.90 Å². The van der Waals surface area contributed by atoms with Gasteiger partial charge in [-0.15, -0.1) is 0 Å². The summed E-state index contributed by atoms with van der Waals surface area (Å²) in [5, 5.41) is 6.71. The predicted octanol–water partition coefficient (Wildman–Crippen LogP) is 1.05. The topological polar surface area (TPSA) is 86.4 Å². The Morgan fingerprint density at radius 3 is 2.26 bits per heavy atom. The first kappa shape index (κ1) is 16.4. The van der Waals surface area contributed by atoms with E-state index in [1.165, 1.54) is 4.31 Å². The highest BCUT2D eigenvalue weighted by Gasteiger charge is 2.36. The highest BCUT2D eigenvalue weighted by molar-refractivity contribution is 7.89. The number of aryl methyl sites for hydroxylation is 2. The lowest BCUT2D eigenvalue weighted by Gasteiger charge is -2.32. The molecule has 128 valence electrons. The molecule has 0 aliphatic carbocycles. The molecule has 2 aliphatic rings. The maximum atomic E-state index is 12.8. The highest BCUT2D eigenvalue weighted by atomic mass is 32.2. The molecule has 23 heavy (non-hydrogen) atoms. The number of piperidine rings is 1. The van der Waals surface area contributed by atoms with Crippen molar-refractivity contribution >= 4 is 15.9 Å². The summed E-state index contributed by atoms with van der Waals surface area (Å²) >= 11 is 0. The van der Waals surface area contributed by atoms with E-state index in [9.17, 15) is 13.2 Å². The van der Waals surface area contributed by atoms with E-state index < -0.39 is 10.0 Å². The van der Waals surface area contributed by atoms with Crippen molar-refractivity contribution in [2.24, 2.45) is 5.92 Å². The Labute approximate surface area is 137 Å². The van der Waals surface area contributed by atoms with Crippen molar-refractivity contribution in [2.75, 3.05) is 26.2 Å². The largest absolute Gasteiger partial charge is 0.342 e. The number of rotatable bonds is 3. The monoisotopic (exact) mass is 340 g/mol. The van der Waals surface area contributed by atoms with Gasteiger partial charge in [0.05, 0.1) is 11.4 Å². The summed E-state index contributed by atoms with van der Waals surface area (Å²) in [5.41, 5.74) is 1.07. The van der Waals surface area contributed by atoms with Gasteiger partial charge in [-0.25, -0.2) is 8.42 Å². The normalized spacial score (nSPS) is 21.0. The van der Waals surface area contributed by atoms with Gasteiger partial charge in [-0.2, -0.15) is 9.40 Å². The van der Waals surface area contributed by atoms with Gasteiger partial charge < -0.3 is 4.90 Å². The number of aromatic amines is 1. The van der Waals surface area contributed by atoms with Crippen LogP contribution in [0.3, 0.4) is 0 Å². The molecule has 8 heteroatoms. The summed E-state index contributed by atoms with van der Waals surface area (Å²) in [5.74, 6) is 0.168. The zero-order chi connectivity index (χ0) is 16.6. The molecule has 2 fully saturated rings. The van der Waals surface area contributed by atoms with Gasteiger partial charge in [0.15, 0.2) is 0 Å². The third-order valence-corrected chi connectivity index (χ3v) is 7.04. The second kappa shape index (κ2) is 6.24. The molecule has 0 saturated carbocycles. The lowest BCUT2D eigenvalue weighted by molar-refractivity contribution is -0.135. The molecule has 1 aromatic rings. The fourth-order valence-corrected chi connectivity index (χ4v) is 5.39. The van der Waals surface area contributed by atoms with Gasteiger partial charge in [-0.05, 0) is 39.5 Å². The van der Waals surface area contributed by atoms with Gasteiger partial charge in [0.1, 0.15) is 4.90 Å². The van der Waals surface area contributed by atoms with E-state index in [0.29, 0.717) is 37.3 Å². The summed E-state index contributed by atoms with van der Waals surface area (Å²) in [6.07, 6.45) is 3.37. The zero-order valence-corrected chi connectivity index (χ0v) is 14.5. The smallest absolute Gasteiger partial charge is 0.246 e. The fraction of sp³-hybridized carbons (Fsp3) is 0.733.